The SMILES string of the molecule is Cn1c2ccc([N+](=O)[O-])cc2c2ccc(C=O)cc21. The van der Waals surface area contributed by atoms with Crippen molar-refractivity contribution in [2.75, 3.05) is 0 Å². The Balaban J connectivity index is 2.45. The van der Waals surface area contributed by atoms with Crippen LogP contribution in [0.15, 0.2) is 36.4 Å². The molecule has 0 amide bonds. The molecule has 1 aromatic heterocycles. The highest BCUT2D eigenvalue weighted by Gasteiger charge is 2.13. The Morgan fingerprint density at radius 2 is 1.89 bits per heavy atom. The van der Waals surface area contributed by atoms with Crippen molar-refractivity contribution >= 4 is 33.8 Å². The van der Waals surface area contributed by atoms with Gasteiger partial charge in [0.15, 0.2) is 0 Å². The van der Waals surface area contributed by atoms with E-state index >= 15 is 0 Å². The van der Waals surface area contributed by atoms with E-state index < -0.39 is 4.92 Å². The summed E-state index contributed by atoms with van der Waals surface area (Å²) in [6.07, 6.45) is 0.791. The molecule has 94 valence electrons. The minimum atomic E-state index is -0.405. The topological polar surface area (TPSA) is 65.1 Å². The lowest BCUT2D eigenvalue weighted by Gasteiger charge is -1.97. The van der Waals surface area contributed by atoms with E-state index in [9.17, 15) is 14.9 Å². The number of aldehydes is 1. The second-order valence-corrected chi connectivity index (χ2v) is 4.41. The monoisotopic (exact) mass is 254 g/mol. The van der Waals surface area contributed by atoms with Crippen molar-refractivity contribution in [3.63, 3.8) is 0 Å². The van der Waals surface area contributed by atoms with Gasteiger partial charge in [-0.25, -0.2) is 0 Å². The predicted molar refractivity (Wildman–Crippen MR) is 72.5 cm³/mol. The first-order chi connectivity index (χ1) is 9.11. The maximum Gasteiger partial charge on any atom is 0.270 e. The molecule has 0 saturated carbocycles. The second-order valence-electron chi connectivity index (χ2n) is 4.41. The van der Waals surface area contributed by atoms with Crippen molar-refractivity contribution in [1.82, 2.24) is 4.57 Å². The lowest BCUT2D eigenvalue weighted by Crippen LogP contribution is -1.89. The average molecular weight is 254 g/mol. The van der Waals surface area contributed by atoms with Gasteiger partial charge in [0.1, 0.15) is 6.29 Å². The smallest absolute Gasteiger partial charge is 0.270 e. The third kappa shape index (κ3) is 1.59. The molecule has 5 heteroatoms. The number of carbonyl (C=O) groups is 1. The van der Waals surface area contributed by atoms with Crippen LogP contribution in [-0.4, -0.2) is 15.8 Å². The summed E-state index contributed by atoms with van der Waals surface area (Å²) in [6.45, 7) is 0. The summed E-state index contributed by atoms with van der Waals surface area (Å²) in [4.78, 5) is 21.3. The number of aromatic nitrogens is 1. The second kappa shape index (κ2) is 3.91. The van der Waals surface area contributed by atoms with Crippen molar-refractivity contribution in [3.05, 3.63) is 52.1 Å². The standard InChI is InChI=1S/C14H10N2O3/c1-15-13-5-3-10(16(18)19)7-12(13)11-4-2-9(8-17)6-14(11)15/h2-8H,1H3. The largest absolute Gasteiger partial charge is 0.344 e. The maximum absolute atomic E-state index is 10.8. The van der Waals surface area contributed by atoms with Crippen LogP contribution < -0.4 is 0 Å². The van der Waals surface area contributed by atoms with E-state index in [1.807, 2.05) is 17.7 Å². The number of rotatable bonds is 2. The van der Waals surface area contributed by atoms with E-state index in [1.54, 1.807) is 24.3 Å². The lowest BCUT2D eigenvalue weighted by molar-refractivity contribution is -0.384. The normalized spacial score (nSPS) is 11.0. The third-order valence-electron chi connectivity index (χ3n) is 3.36. The molecule has 0 aliphatic rings. The van der Waals surface area contributed by atoms with E-state index in [1.165, 1.54) is 6.07 Å². The molecule has 0 N–H and O–H groups in total. The molecule has 0 fully saturated rings. The van der Waals surface area contributed by atoms with E-state index in [2.05, 4.69) is 0 Å². The van der Waals surface area contributed by atoms with Gasteiger partial charge < -0.3 is 4.57 Å². The maximum atomic E-state index is 10.8. The van der Waals surface area contributed by atoms with E-state index in [-0.39, 0.29) is 5.69 Å². The Kier molecular flexibility index (Phi) is 2.35. The van der Waals surface area contributed by atoms with Gasteiger partial charge in [-0.05, 0) is 12.1 Å². The highest BCUT2D eigenvalue weighted by Crippen LogP contribution is 2.31. The summed E-state index contributed by atoms with van der Waals surface area (Å²) < 4.78 is 1.93. The summed E-state index contributed by atoms with van der Waals surface area (Å²) in [5, 5.41) is 12.6. The van der Waals surface area contributed by atoms with Gasteiger partial charge in [-0.15, -0.1) is 0 Å². The zero-order chi connectivity index (χ0) is 13.6. The van der Waals surface area contributed by atoms with Crippen LogP contribution in [0.25, 0.3) is 21.8 Å². The quantitative estimate of drug-likeness (QED) is 0.401. The van der Waals surface area contributed by atoms with Crippen LogP contribution in [-0.2, 0) is 7.05 Å². The lowest BCUT2D eigenvalue weighted by atomic mass is 10.1. The van der Waals surface area contributed by atoms with Crippen molar-refractivity contribution in [1.29, 1.82) is 0 Å². The number of aryl methyl sites for hydroxylation is 1. The number of non-ortho nitro benzene ring substituents is 1. The Bertz CT molecular complexity index is 833. The molecule has 0 unspecified atom stereocenters. The van der Waals surface area contributed by atoms with E-state index in [4.69, 9.17) is 0 Å². The molecule has 0 saturated heterocycles. The van der Waals surface area contributed by atoms with Gasteiger partial charge in [-0.2, -0.15) is 0 Å². The molecule has 0 aliphatic carbocycles. The fourth-order valence-corrected chi connectivity index (χ4v) is 2.40. The van der Waals surface area contributed by atoms with Gasteiger partial charge in [0.05, 0.1) is 4.92 Å². The van der Waals surface area contributed by atoms with E-state index in [0.29, 0.717) is 5.56 Å². The molecule has 19 heavy (non-hydrogen) atoms. The molecule has 0 spiro atoms. The number of hydrogen-bond acceptors (Lipinski definition) is 3. The molecule has 3 aromatic rings. The Labute approximate surface area is 108 Å². The van der Waals surface area contributed by atoms with Gasteiger partial charge >= 0.3 is 0 Å². The number of nitrogens with zero attached hydrogens (tertiary/aromatic N) is 2. The molecule has 1 heterocycles. The fraction of sp³-hybridized carbons (Fsp3) is 0.0714. The summed E-state index contributed by atoms with van der Waals surface area (Å²) in [5.74, 6) is 0. The van der Waals surface area contributed by atoms with Crippen LogP contribution in [0.4, 0.5) is 5.69 Å². The number of hydrogen-bond donors (Lipinski definition) is 0. The zero-order valence-electron chi connectivity index (χ0n) is 10.2. The van der Waals surface area contributed by atoms with Crippen molar-refractivity contribution in [2.24, 2.45) is 7.05 Å². The average Bonchev–Trinajstić information content (AvgIpc) is 2.71. The molecular formula is C14H10N2O3. The molecule has 0 bridgehead atoms. The summed E-state index contributed by atoms with van der Waals surface area (Å²) in [5.41, 5.74) is 2.45. The highest BCUT2D eigenvalue weighted by molar-refractivity contribution is 6.09. The van der Waals surface area contributed by atoms with Gasteiger partial charge in [-0.3, -0.25) is 14.9 Å². The van der Waals surface area contributed by atoms with Crippen molar-refractivity contribution in [2.45, 2.75) is 0 Å². The molecule has 5 nitrogen and oxygen atoms in total. The number of nitro groups is 1. The number of nitro benzene ring substituents is 1. The van der Waals surface area contributed by atoms with Crippen molar-refractivity contribution in [3.8, 4) is 0 Å². The summed E-state index contributed by atoms with van der Waals surface area (Å²) in [6, 6.07) is 10.1. The van der Waals surface area contributed by atoms with Crippen molar-refractivity contribution < 1.29 is 9.72 Å². The van der Waals surface area contributed by atoms with Gasteiger partial charge in [0, 0.05) is 46.5 Å². The number of fused-ring (bicyclic) bond motifs is 3. The Morgan fingerprint density at radius 3 is 2.58 bits per heavy atom. The third-order valence-corrected chi connectivity index (χ3v) is 3.36. The predicted octanol–water partition coefficient (Wildman–Crippen LogP) is 3.05. The first-order valence-electron chi connectivity index (χ1n) is 5.73. The van der Waals surface area contributed by atoms with Crippen LogP contribution >= 0.6 is 0 Å². The van der Waals surface area contributed by atoms with Crippen LogP contribution in [0.1, 0.15) is 10.4 Å². The highest BCUT2D eigenvalue weighted by atomic mass is 16.6. The van der Waals surface area contributed by atoms with Gasteiger partial charge in [0.25, 0.3) is 5.69 Å². The minimum absolute atomic E-state index is 0.0689. The molecule has 3 rings (SSSR count). The summed E-state index contributed by atoms with van der Waals surface area (Å²) >= 11 is 0. The van der Waals surface area contributed by atoms with Gasteiger partial charge in [-0.1, -0.05) is 12.1 Å². The first kappa shape index (κ1) is 11.4. The minimum Gasteiger partial charge on any atom is -0.344 e. The van der Waals surface area contributed by atoms with Crippen LogP contribution in [0.3, 0.4) is 0 Å². The fourth-order valence-electron chi connectivity index (χ4n) is 2.40. The molecule has 0 aliphatic heterocycles. The van der Waals surface area contributed by atoms with Crippen LogP contribution in [0.2, 0.25) is 0 Å². The molecule has 0 radical (unpaired) electrons. The number of carbonyl (C=O) groups excluding carboxylic acids is 1. The molecular weight excluding hydrogens is 244 g/mol. The van der Waals surface area contributed by atoms with Crippen LogP contribution in [0.5, 0.6) is 0 Å². The van der Waals surface area contributed by atoms with E-state index in [0.717, 1.165) is 28.1 Å². The Morgan fingerprint density at radius 1 is 1.11 bits per heavy atom. The van der Waals surface area contributed by atoms with Crippen LogP contribution in [0, 0.1) is 10.1 Å². The summed E-state index contributed by atoms with van der Waals surface area (Å²) in [7, 11) is 1.88. The number of benzene rings is 2. The first-order valence-corrected chi connectivity index (χ1v) is 5.73. The van der Waals surface area contributed by atoms with Gasteiger partial charge in [0.2, 0.25) is 0 Å². The molecule has 0 atom stereocenters. The zero-order valence-corrected chi connectivity index (χ0v) is 10.2. The molecule has 2 aromatic carbocycles. The Hall–Kier alpha value is -2.69.